The van der Waals surface area contributed by atoms with Gasteiger partial charge in [-0.05, 0) is 43.1 Å². The number of aryl methyl sites for hydroxylation is 1. The fourth-order valence-electron chi connectivity index (χ4n) is 1.85. The summed E-state index contributed by atoms with van der Waals surface area (Å²) in [7, 11) is 0. The van der Waals surface area contributed by atoms with E-state index in [0.717, 1.165) is 29.1 Å². The van der Waals surface area contributed by atoms with Crippen LogP contribution in [0.5, 0.6) is 0 Å². The number of nitro groups is 1. The number of nitrogens with zero attached hydrogens (tertiary/aromatic N) is 1. The molecule has 1 aromatic heterocycles. The van der Waals surface area contributed by atoms with Crippen LogP contribution in [-0.4, -0.2) is 11.5 Å². The molecule has 0 aliphatic carbocycles. The van der Waals surface area contributed by atoms with Crippen molar-refractivity contribution in [1.29, 1.82) is 0 Å². The molecule has 0 amide bonds. The molecular formula is C14H16N2O3S. The van der Waals surface area contributed by atoms with Crippen molar-refractivity contribution in [3.8, 4) is 0 Å². The fraction of sp³-hybridized carbons (Fsp3) is 0.286. The predicted molar refractivity (Wildman–Crippen MR) is 78.7 cm³/mol. The van der Waals surface area contributed by atoms with Crippen molar-refractivity contribution in [1.82, 2.24) is 0 Å². The first kappa shape index (κ1) is 14.6. The Balaban J connectivity index is 2.14. The van der Waals surface area contributed by atoms with Gasteiger partial charge in [-0.3, -0.25) is 10.1 Å². The molecule has 2 rings (SSSR count). The molecule has 0 fully saturated rings. The molecule has 0 atom stereocenters. The highest BCUT2D eigenvalue weighted by Gasteiger charge is 2.11. The summed E-state index contributed by atoms with van der Waals surface area (Å²) >= 11 is 1.62. The number of thioether (sulfide) groups is 1. The number of non-ortho nitro benzene ring substituents is 1. The van der Waals surface area contributed by atoms with Gasteiger partial charge in [-0.15, -0.1) is 11.8 Å². The van der Waals surface area contributed by atoms with Gasteiger partial charge >= 0.3 is 0 Å². The number of rotatable bonds is 7. The number of benzene rings is 1. The second-order valence-electron chi connectivity index (χ2n) is 4.31. The zero-order chi connectivity index (χ0) is 14.4. The molecule has 0 bridgehead atoms. The first-order valence-corrected chi connectivity index (χ1v) is 7.32. The van der Waals surface area contributed by atoms with Gasteiger partial charge in [0.05, 0.1) is 16.9 Å². The van der Waals surface area contributed by atoms with Crippen LogP contribution in [-0.2, 0) is 12.2 Å². The lowest BCUT2D eigenvalue weighted by Gasteiger charge is -2.08. The summed E-state index contributed by atoms with van der Waals surface area (Å²) in [5.74, 6) is 1.60. The lowest BCUT2D eigenvalue weighted by molar-refractivity contribution is -0.385. The van der Waals surface area contributed by atoms with E-state index in [-0.39, 0.29) is 10.6 Å². The molecule has 2 aromatic rings. The summed E-state index contributed by atoms with van der Waals surface area (Å²) in [6, 6.07) is 8.74. The first-order valence-electron chi connectivity index (χ1n) is 6.33. The molecule has 0 saturated carbocycles. The van der Waals surface area contributed by atoms with E-state index < -0.39 is 0 Å². The maximum absolute atomic E-state index is 10.8. The maximum atomic E-state index is 10.8. The molecule has 0 radical (unpaired) electrons. The molecule has 0 spiro atoms. The summed E-state index contributed by atoms with van der Waals surface area (Å²) in [6.45, 7) is 0.574. The Morgan fingerprint density at radius 2 is 2.20 bits per heavy atom. The molecule has 20 heavy (non-hydrogen) atoms. The quantitative estimate of drug-likeness (QED) is 0.480. The van der Waals surface area contributed by atoms with Crippen molar-refractivity contribution in [3.05, 3.63) is 58.0 Å². The van der Waals surface area contributed by atoms with Gasteiger partial charge in [0, 0.05) is 17.0 Å². The molecule has 2 N–H and O–H groups in total. The SMILES string of the molecule is NCCCc1cc([N+](=O)[O-])ccc1SCc1ccco1. The molecule has 1 heterocycles. The number of nitro benzene ring substituents is 1. The zero-order valence-corrected chi connectivity index (χ0v) is 11.8. The summed E-state index contributed by atoms with van der Waals surface area (Å²) in [6.07, 6.45) is 3.20. The van der Waals surface area contributed by atoms with Crippen molar-refractivity contribution in [3.63, 3.8) is 0 Å². The van der Waals surface area contributed by atoms with Crippen LogP contribution in [0, 0.1) is 10.1 Å². The van der Waals surface area contributed by atoms with Crippen LogP contribution in [0.25, 0.3) is 0 Å². The number of nitrogens with two attached hydrogens (primary N) is 1. The van der Waals surface area contributed by atoms with E-state index in [2.05, 4.69) is 0 Å². The third kappa shape index (κ3) is 3.85. The lowest BCUT2D eigenvalue weighted by Crippen LogP contribution is -2.01. The number of furan rings is 1. The van der Waals surface area contributed by atoms with E-state index in [9.17, 15) is 10.1 Å². The van der Waals surface area contributed by atoms with Gasteiger partial charge in [-0.25, -0.2) is 0 Å². The van der Waals surface area contributed by atoms with Crippen molar-refractivity contribution >= 4 is 17.4 Å². The lowest BCUT2D eigenvalue weighted by atomic mass is 10.1. The highest BCUT2D eigenvalue weighted by atomic mass is 32.2. The fourth-order valence-corrected chi connectivity index (χ4v) is 2.82. The van der Waals surface area contributed by atoms with Gasteiger partial charge in [-0.1, -0.05) is 0 Å². The van der Waals surface area contributed by atoms with Gasteiger partial charge in [0.2, 0.25) is 0 Å². The van der Waals surface area contributed by atoms with E-state index in [1.807, 2.05) is 12.1 Å². The summed E-state index contributed by atoms with van der Waals surface area (Å²) in [4.78, 5) is 11.5. The Kier molecular flexibility index (Phi) is 5.20. The van der Waals surface area contributed by atoms with Gasteiger partial charge in [0.15, 0.2) is 0 Å². The van der Waals surface area contributed by atoms with Crippen LogP contribution in [0.15, 0.2) is 45.9 Å². The molecular weight excluding hydrogens is 276 g/mol. The van der Waals surface area contributed by atoms with Crippen LogP contribution in [0.2, 0.25) is 0 Å². The van der Waals surface area contributed by atoms with E-state index >= 15 is 0 Å². The Hall–Kier alpha value is -1.79. The molecule has 6 heteroatoms. The van der Waals surface area contributed by atoms with Crippen molar-refractivity contribution in [2.75, 3.05) is 6.54 Å². The smallest absolute Gasteiger partial charge is 0.269 e. The van der Waals surface area contributed by atoms with Crippen LogP contribution in [0.1, 0.15) is 17.7 Å². The standard InChI is InChI=1S/C14H16N2O3S/c15-7-1-3-11-9-12(16(17)18)5-6-14(11)20-10-13-4-2-8-19-13/h2,4-6,8-9H,1,3,7,10,15H2. The van der Waals surface area contributed by atoms with Gasteiger partial charge in [-0.2, -0.15) is 0 Å². The van der Waals surface area contributed by atoms with Crippen molar-refractivity contribution < 1.29 is 9.34 Å². The molecule has 5 nitrogen and oxygen atoms in total. The van der Waals surface area contributed by atoms with Crippen molar-refractivity contribution in [2.24, 2.45) is 5.73 Å². The summed E-state index contributed by atoms with van der Waals surface area (Å²) in [5, 5.41) is 10.8. The maximum Gasteiger partial charge on any atom is 0.269 e. The topological polar surface area (TPSA) is 82.3 Å². The van der Waals surface area contributed by atoms with Crippen LogP contribution in [0.3, 0.4) is 0 Å². The molecule has 106 valence electrons. The Morgan fingerprint density at radius 1 is 1.35 bits per heavy atom. The second-order valence-corrected chi connectivity index (χ2v) is 5.33. The van der Waals surface area contributed by atoms with E-state index in [0.29, 0.717) is 12.3 Å². The van der Waals surface area contributed by atoms with Crippen molar-refractivity contribution in [2.45, 2.75) is 23.5 Å². The Bertz CT molecular complexity index is 570. The third-order valence-corrected chi connectivity index (χ3v) is 3.99. The second kappa shape index (κ2) is 7.12. The Morgan fingerprint density at radius 3 is 2.85 bits per heavy atom. The highest BCUT2D eigenvalue weighted by Crippen LogP contribution is 2.30. The van der Waals surface area contributed by atoms with E-state index in [4.69, 9.17) is 10.2 Å². The van der Waals surface area contributed by atoms with Crippen LogP contribution in [0.4, 0.5) is 5.69 Å². The normalized spacial score (nSPS) is 10.7. The average Bonchev–Trinajstić information content (AvgIpc) is 2.96. The molecule has 1 aromatic carbocycles. The predicted octanol–water partition coefficient (Wildman–Crippen LogP) is 3.37. The minimum Gasteiger partial charge on any atom is -0.468 e. The molecule has 0 unspecified atom stereocenters. The molecule has 0 aliphatic heterocycles. The van der Waals surface area contributed by atoms with Crippen LogP contribution < -0.4 is 5.73 Å². The number of hydrogen-bond acceptors (Lipinski definition) is 5. The summed E-state index contributed by atoms with van der Waals surface area (Å²) < 4.78 is 5.29. The largest absolute Gasteiger partial charge is 0.468 e. The monoisotopic (exact) mass is 292 g/mol. The first-order chi connectivity index (χ1) is 9.70. The molecule has 0 saturated heterocycles. The number of hydrogen-bond donors (Lipinski definition) is 1. The van der Waals surface area contributed by atoms with Crippen LogP contribution >= 0.6 is 11.8 Å². The zero-order valence-electron chi connectivity index (χ0n) is 11.0. The van der Waals surface area contributed by atoms with E-state index in [1.54, 1.807) is 30.2 Å². The highest BCUT2D eigenvalue weighted by molar-refractivity contribution is 7.98. The van der Waals surface area contributed by atoms with Gasteiger partial charge in [0.25, 0.3) is 5.69 Å². The average molecular weight is 292 g/mol. The Labute approximate surface area is 121 Å². The summed E-state index contributed by atoms with van der Waals surface area (Å²) in [5.41, 5.74) is 6.62. The molecule has 0 aliphatic rings. The minimum absolute atomic E-state index is 0.124. The minimum atomic E-state index is -0.368. The third-order valence-electron chi connectivity index (χ3n) is 2.86. The van der Waals surface area contributed by atoms with Gasteiger partial charge < -0.3 is 10.2 Å². The van der Waals surface area contributed by atoms with E-state index in [1.165, 1.54) is 6.07 Å². The van der Waals surface area contributed by atoms with Gasteiger partial charge in [0.1, 0.15) is 5.76 Å².